The van der Waals surface area contributed by atoms with E-state index in [0.29, 0.717) is 42.4 Å². The molecular weight excluding hydrogens is 417 g/mol. The zero-order valence-corrected chi connectivity index (χ0v) is 18.3. The van der Waals surface area contributed by atoms with Gasteiger partial charge in [-0.1, -0.05) is 31.7 Å². The van der Waals surface area contributed by atoms with Crippen molar-refractivity contribution in [3.8, 4) is 0 Å². The first-order chi connectivity index (χ1) is 15.3. The Hall–Kier alpha value is -2.81. The van der Waals surface area contributed by atoms with Crippen LogP contribution < -0.4 is 5.32 Å². The average molecular weight is 448 g/mol. The SMILES string of the molecule is Cc1ccc(C(=O)NC(=O)[C@@H]2CCCN2C(=O)[C@H](CC2CCCC2)CN(O)C=O)cc1F. The highest BCUT2D eigenvalue weighted by Gasteiger charge is 2.39. The summed E-state index contributed by atoms with van der Waals surface area (Å²) in [6, 6.07) is 3.14. The van der Waals surface area contributed by atoms with E-state index in [1.807, 2.05) is 0 Å². The number of nitrogens with one attached hydrogen (secondary N) is 1. The van der Waals surface area contributed by atoms with Gasteiger partial charge >= 0.3 is 0 Å². The number of hydroxylamine groups is 2. The van der Waals surface area contributed by atoms with Gasteiger partial charge in [-0.25, -0.2) is 9.45 Å². The maximum atomic E-state index is 13.8. The minimum absolute atomic E-state index is 0.0262. The lowest BCUT2D eigenvalue weighted by Gasteiger charge is -2.30. The number of imide groups is 1. The van der Waals surface area contributed by atoms with Gasteiger partial charge in [-0.05, 0) is 49.8 Å². The number of carbonyl (C=O) groups is 4. The zero-order valence-electron chi connectivity index (χ0n) is 18.3. The first-order valence-corrected chi connectivity index (χ1v) is 11.1. The second kappa shape index (κ2) is 10.7. The summed E-state index contributed by atoms with van der Waals surface area (Å²) in [7, 11) is 0. The van der Waals surface area contributed by atoms with Gasteiger partial charge in [-0.15, -0.1) is 0 Å². The van der Waals surface area contributed by atoms with Crippen molar-refractivity contribution >= 4 is 24.1 Å². The molecule has 2 atom stereocenters. The summed E-state index contributed by atoms with van der Waals surface area (Å²) >= 11 is 0. The molecule has 0 aromatic heterocycles. The summed E-state index contributed by atoms with van der Waals surface area (Å²) in [5.74, 6) is -2.46. The van der Waals surface area contributed by atoms with Crippen LogP contribution in [0.25, 0.3) is 0 Å². The lowest BCUT2D eigenvalue weighted by Crippen LogP contribution is -2.50. The third kappa shape index (κ3) is 5.70. The largest absolute Gasteiger partial charge is 0.330 e. The molecule has 0 spiro atoms. The molecule has 32 heavy (non-hydrogen) atoms. The highest BCUT2D eigenvalue weighted by molar-refractivity contribution is 6.06. The number of likely N-dealkylation sites (tertiary alicyclic amines) is 1. The molecule has 2 aliphatic rings. The van der Waals surface area contributed by atoms with Gasteiger partial charge in [0.05, 0.1) is 12.5 Å². The molecule has 1 aliphatic carbocycles. The van der Waals surface area contributed by atoms with Gasteiger partial charge in [-0.3, -0.25) is 29.7 Å². The molecule has 3 rings (SSSR count). The summed E-state index contributed by atoms with van der Waals surface area (Å²) in [4.78, 5) is 50.9. The number of amides is 4. The minimum atomic E-state index is -0.823. The Balaban J connectivity index is 1.68. The Morgan fingerprint density at radius 3 is 2.62 bits per heavy atom. The maximum absolute atomic E-state index is 13.8. The van der Waals surface area contributed by atoms with Crippen LogP contribution in [0, 0.1) is 24.6 Å². The lowest BCUT2D eigenvalue weighted by atomic mass is 9.91. The predicted octanol–water partition coefficient (Wildman–Crippen LogP) is 2.43. The molecule has 2 fully saturated rings. The molecule has 0 radical (unpaired) electrons. The van der Waals surface area contributed by atoms with E-state index in [2.05, 4.69) is 5.32 Å². The monoisotopic (exact) mass is 447 g/mol. The zero-order chi connectivity index (χ0) is 23.3. The van der Waals surface area contributed by atoms with Crippen LogP contribution in [-0.4, -0.2) is 58.4 Å². The highest BCUT2D eigenvalue weighted by atomic mass is 19.1. The second-order valence-electron chi connectivity index (χ2n) is 8.78. The van der Waals surface area contributed by atoms with Crippen LogP contribution in [0.15, 0.2) is 18.2 Å². The standard InChI is InChI=1S/C23H30FN3O5/c1-15-8-9-17(12-19(15)24)21(29)25-22(30)20-7-4-10-27(20)23(31)18(13-26(32)14-28)11-16-5-2-3-6-16/h8-9,12,14,16,18,20,32H,2-7,10-11,13H2,1H3,(H,25,29,30)/t18-,20+/m1/s1. The van der Waals surface area contributed by atoms with Crippen molar-refractivity contribution < 1.29 is 28.8 Å². The Morgan fingerprint density at radius 2 is 1.97 bits per heavy atom. The molecule has 0 unspecified atom stereocenters. The van der Waals surface area contributed by atoms with Crippen LogP contribution in [0.1, 0.15) is 60.9 Å². The molecule has 1 saturated heterocycles. The van der Waals surface area contributed by atoms with Crippen LogP contribution in [0.5, 0.6) is 0 Å². The molecule has 1 aromatic carbocycles. The Morgan fingerprint density at radius 1 is 1.25 bits per heavy atom. The topological polar surface area (TPSA) is 107 Å². The highest BCUT2D eigenvalue weighted by Crippen LogP contribution is 2.32. The number of hydrogen-bond donors (Lipinski definition) is 2. The first-order valence-electron chi connectivity index (χ1n) is 11.1. The van der Waals surface area contributed by atoms with Gasteiger partial charge in [-0.2, -0.15) is 0 Å². The fourth-order valence-electron chi connectivity index (χ4n) is 4.71. The molecule has 0 bridgehead atoms. The molecular formula is C23H30FN3O5. The molecule has 174 valence electrons. The molecule has 9 heteroatoms. The van der Waals surface area contributed by atoms with Crippen molar-refractivity contribution in [3.05, 3.63) is 35.1 Å². The minimum Gasteiger partial charge on any atom is -0.330 e. The van der Waals surface area contributed by atoms with Gasteiger partial charge < -0.3 is 4.90 Å². The summed E-state index contributed by atoms with van der Waals surface area (Å²) in [5.41, 5.74) is 0.417. The van der Waals surface area contributed by atoms with Gasteiger partial charge in [0, 0.05) is 12.1 Å². The predicted molar refractivity (Wildman–Crippen MR) is 113 cm³/mol. The summed E-state index contributed by atoms with van der Waals surface area (Å²) in [6.07, 6.45) is 6.00. The van der Waals surface area contributed by atoms with Crippen molar-refractivity contribution in [1.82, 2.24) is 15.3 Å². The number of benzene rings is 1. The van der Waals surface area contributed by atoms with Gasteiger partial charge in [0.15, 0.2) is 0 Å². The van der Waals surface area contributed by atoms with Crippen molar-refractivity contribution in [2.75, 3.05) is 13.1 Å². The molecule has 1 saturated carbocycles. The van der Waals surface area contributed by atoms with Crippen molar-refractivity contribution in [2.45, 2.75) is 57.9 Å². The van der Waals surface area contributed by atoms with Gasteiger partial charge in [0.2, 0.25) is 18.2 Å². The van der Waals surface area contributed by atoms with Crippen molar-refractivity contribution in [1.29, 1.82) is 0 Å². The fraction of sp³-hybridized carbons (Fsp3) is 0.565. The Bertz CT molecular complexity index is 871. The first kappa shape index (κ1) is 23.8. The number of carbonyl (C=O) groups excluding carboxylic acids is 4. The van der Waals surface area contributed by atoms with Crippen LogP contribution in [0.2, 0.25) is 0 Å². The number of rotatable bonds is 8. The van der Waals surface area contributed by atoms with E-state index in [1.165, 1.54) is 17.0 Å². The van der Waals surface area contributed by atoms with Crippen LogP contribution in [-0.2, 0) is 14.4 Å². The van der Waals surface area contributed by atoms with E-state index in [4.69, 9.17) is 0 Å². The Labute approximate surface area is 186 Å². The van der Waals surface area contributed by atoms with E-state index in [9.17, 15) is 28.8 Å². The molecule has 4 amide bonds. The van der Waals surface area contributed by atoms with E-state index in [1.54, 1.807) is 6.92 Å². The maximum Gasteiger partial charge on any atom is 0.258 e. The number of hydrogen-bond acceptors (Lipinski definition) is 5. The average Bonchev–Trinajstić information content (AvgIpc) is 3.46. The quantitative estimate of drug-likeness (QED) is 0.276. The lowest BCUT2D eigenvalue weighted by molar-refractivity contribution is -0.158. The van der Waals surface area contributed by atoms with E-state index < -0.39 is 29.6 Å². The molecule has 1 aromatic rings. The van der Waals surface area contributed by atoms with Crippen molar-refractivity contribution in [2.24, 2.45) is 11.8 Å². The van der Waals surface area contributed by atoms with E-state index in [0.717, 1.165) is 31.7 Å². The fourth-order valence-corrected chi connectivity index (χ4v) is 4.71. The third-order valence-corrected chi connectivity index (χ3v) is 6.48. The van der Waals surface area contributed by atoms with Crippen molar-refractivity contribution in [3.63, 3.8) is 0 Å². The number of aryl methyl sites for hydroxylation is 1. The van der Waals surface area contributed by atoms with Gasteiger partial charge in [0.25, 0.3) is 5.91 Å². The molecule has 1 aliphatic heterocycles. The molecule has 1 heterocycles. The van der Waals surface area contributed by atoms with Crippen LogP contribution in [0.4, 0.5) is 4.39 Å². The molecule has 8 nitrogen and oxygen atoms in total. The third-order valence-electron chi connectivity index (χ3n) is 6.48. The normalized spacial score (nSPS) is 19.6. The van der Waals surface area contributed by atoms with E-state index in [-0.39, 0.29) is 24.4 Å². The Kier molecular flexibility index (Phi) is 7.95. The summed E-state index contributed by atoms with van der Waals surface area (Å²) in [6.45, 7) is 1.80. The summed E-state index contributed by atoms with van der Waals surface area (Å²) < 4.78 is 13.8. The van der Waals surface area contributed by atoms with Crippen LogP contribution >= 0.6 is 0 Å². The number of nitrogens with zero attached hydrogens (tertiary/aromatic N) is 2. The second-order valence-corrected chi connectivity index (χ2v) is 8.78. The van der Waals surface area contributed by atoms with E-state index >= 15 is 0 Å². The summed E-state index contributed by atoms with van der Waals surface area (Å²) in [5, 5.41) is 12.4. The molecule has 2 N–H and O–H groups in total. The van der Waals surface area contributed by atoms with Crippen LogP contribution in [0.3, 0.4) is 0 Å². The number of halogens is 1. The smallest absolute Gasteiger partial charge is 0.258 e. The van der Waals surface area contributed by atoms with Gasteiger partial charge in [0.1, 0.15) is 11.9 Å².